The Bertz CT molecular complexity index is 1080. The lowest BCUT2D eigenvalue weighted by Gasteiger charge is -2.34. The first-order valence-corrected chi connectivity index (χ1v) is 10.7. The van der Waals surface area contributed by atoms with Gasteiger partial charge in [-0.3, -0.25) is 9.69 Å². The quantitative estimate of drug-likeness (QED) is 0.517. The monoisotopic (exact) mass is 458 g/mol. The number of carbonyl (C=O) groups is 1. The van der Waals surface area contributed by atoms with Gasteiger partial charge in [0.2, 0.25) is 0 Å². The molecule has 0 bridgehead atoms. The Kier molecular flexibility index (Phi) is 6.97. The van der Waals surface area contributed by atoms with E-state index in [0.29, 0.717) is 60.8 Å². The zero-order valence-electron chi connectivity index (χ0n) is 17.7. The van der Waals surface area contributed by atoms with Crippen LogP contribution in [0.25, 0.3) is 0 Å². The first-order valence-electron chi connectivity index (χ1n) is 10.3. The number of rotatable bonds is 7. The van der Waals surface area contributed by atoms with Gasteiger partial charge in [-0.2, -0.15) is 0 Å². The molecule has 1 saturated heterocycles. The fourth-order valence-corrected chi connectivity index (χ4v) is 3.80. The van der Waals surface area contributed by atoms with E-state index in [1.165, 1.54) is 12.1 Å². The molecule has 1 aliphatic heterocycles. The van der Waals surface area contributed by atoms with E-state index in [1.807, 2.05) is 18.2 Å². The first-order chi connectivity index (χ1) is 15.5. The van der Waals surface area contributed by atoms with Crippen LogP contribution in [0.1, 0.15) is 21.9 Å². The van der Waals surface area contributed by atoms with Crippen LogP contribution in [0, 0.1) is 5.82 Å². The summed E-state index contributed by atoms with van der Waals surface area (Å²) < 4.78 is 29.8. The van der Waals surface area contributed by atoms with Crippen LogP contribution in [0.15, 0.2) is 59.0 Å². The molecule has 1 aliphatic rings. The smallest absolute Gasteiger partial charge is 0.289 e. The Hall–Kier alpha value is -3.03. The van der Waals surface area contributed by atoms with Crippen molar-refractivity contribution < 1.29 is 23.1 Å². The number of halogens is 2. The number of furan rings is 1. The zero-order valence-corrected chi connectivity index (χ0v) is 18.5. The predicted molar refractivity (Wildman–Crippen MR) is 119 cm³/mol. The van der Waals surface area contributed by atoms with Crippen LogP contribution >= 0.6 is 11.6 Å². The molecule has 0 saturated carbocycles. The third-order valence-corrected chi connectivity index (χ3v) is 5.72. The summed E-state index contributed by atoms with van der Waals surface area (Å²) in [6.07, 6.45) is 0. The van der Waals surface area contributed by atoms with Crippen LogP contribution < -0.4 is 9.47 Å². The summed E-state index contributed by atoms with van der Waals surface area (Å²) in [4.78, 5) is 16.8. The first kappa shape index (κ1) is 22.2. The number of carbonyl (C=O) groups excluding carboxylic acids is 1. The van der Waals surface area contributed by atoms with Gasteiger partial charge in [0.15, 0.2) is 5.76 Å². The van der Waals surface area contributed by atoms with E-state index in [1.54, 1.807) is 36.3 Å². The zero-order chi connectivity index (χ0) is 22.5. The molecular formula is C24H24ClFN2O4. The Morgan fingerprint density at radius 2 is 1.84 bits per heavy atom. The number of methoxy groups -OCH3 is 1. The molecule has 0 spiro atoms. The molecule has 32 heavy (non-hydrogen) atoms. The van der Waals surface area contributed by atoms with E-state index in [0.717, 1.165) is 5.56 Å². The van der Waals surface area contributed by atoms with Crippen LogP contribution in [0.5, 0.6) is 11.5 Å². The lowest BCUT2D eigenvalue weighted by molar-refractivity contribution is 0.0594. The topological polar surface area (TPSA) is 55.2 Å². The number of hydrogen-bond donors (Lipinski definition) is 0. The third kappa shape index (κ3) is 5.41. The van der Waals surface area contributed by atoms with Crippen molar-refractivity contribution in [3.05, 3.63) is 82.5 Å². The largest absolute Gasteiger partial charge is 0.497 e. The van der Waals surface area contributed by atoms with Crippen LogP contribution in [-0.2, 0) is 13.2 Å². The highest BCUT2D eigenvalue weighted by Gasteiger charge is 2.24. The minimum Gasteiger partial charge on any atom is -0.497 e. The Morgan fingerprint density at radius 1 is 1.06 bits per heavy atom. The highest BCUT2D eigenvalue weighted by molar-refractivity contribution is 6.31. The molecule has 6 nitrogen and oxygen atoms in total. The van der Waals surface area contributed by atoms with Crippen LogP contribution in [0.3, 0.4) is 0 Å². The molecule has 3 aromatic rings. The van der Waals surface area contributed by atoms with Gasteiger partial charge in [0.25, 0.3) is 5.91 Å². The Labute approximate surface area is 191 Å². The second-order valence-corrected chi connectivity index (χ2v) is 7.94. The molecule has 8 heteroatoms. The normalized spacial score (nSPS) is 14.4. The van der Waals surface area contributed by atoms with E-state index in [-0.39, 0.29) is 18.3 Å². The van der Waals surface area contributed by atoms with Crippen molar-refractivity contribution in [2.24, 2.45) is 0 Å². The van der Waals surface area contributed by atoms with E-state index < -0.39 is 0 Å². The van der Waals surface area contributed by atoms with Gasteiger partial charge in [0, 0.05) is 43.8 Å². The van der Waals surface area contributed by atoms with Gasteiger partial charge in [0.05, 0.1) is 7.11 Å². The summed E-state index contributed by atoms with van der Waals surface area (Å²) in [5.74, 6) is 1.74. The number of piperazine rings is 1. The average molecular weight is 459 g/mol. The fraction of sp³-hybridized carbons (Fsp3) is 0.292. The van der Waals surface area contributed by atoms with E-state index >= 15 is 0 Å². The molecule has 1 amide bonds. The minimum absolute atomic E-state index is 0.142. The average Bonchev–Trinajstić information content (AvgIpc) is 3.29. The molecule has 0 radical (unpaired) electrons. The molecule has 2 aromatic carbocycles. The van der Waals surface area contributed by atoms with Crippen LogP contribution in [-0.4, -0.2) is 49.0 Å². The van der Waals surface area contributed by atoms with Crippen molar-refractivity contribution in [2.45, 2.75) is 13.2 Å². The molecule has 1 fully saturated rings. The molecular weight excluding hydrogens is 435 g/mol. The van der Waals surface area contributed by atoms with Crippen molar-refractivity contribution in [1.29, 1.82) is 0 Å². The van der Waals surface area contributed by atoms with E-state index in [2.05, 4.69) is 4.90 Å². The maximum Gasteiger partial charge on any atom is 0.289 e. The van der Waals surface area contributed by atoms with Crippen LogP contribution in [0.2, 0.25) is 5.02 Å². The lowest BCUT2D eigenvalue weighted by atomic mass is 10.2. The summed E-state index contributed by atoms with van der Waals surface area (Å²) in [5, 5.41) is 0.419. The predicted octanol–water partition coefficient (Wildman–Crippen LogP) is 4.62. The van der Waals surface area contributed by atoms with Crippen molar-refractivity contribution in [3.63, 3.8) is 0 Å². The number of amides is 1. The second kappa shape index (κ2) is 10.1. The van der Waals surface area contributed by atoms with E-state index in [4.69, 9.17) is 25.5 Å². The van der Waals surface area contributed by atoms with Crippen molar-refractivity contribution in [3.8, 4) is 11.5 Å². The molecule has 0 atom stereocenters. The van der Waals surface area contributed by atoms with E-state index in [9.17, 15) is 9.18 Å². The van der Waals surface area contributed by atoms with Crippen LogP contribution in [0.4, 0.5) is 4.39 Å². The van der Waals surface area contributed by atoms with Gasteiger partial charge in [-0.15, -0.1) is 0 Å². The minimum atomic E-state index is -0.346. The lowest BCUT2D eigenvalue weighted by Crippen LogP contribution is -2.48. The summed E-state index contributed by atoms with van der Waals surface area (Å²) in [6, 6.07) is 15.2. The fourth-order valence-electron chi connectivity index (χ4n) is 3.57. The summed E-state index contributed by atoms with van der Waals surface area (Å²) in [7, 11) is 1.60. The standard InChI is InChI=1S/C24H24ClFN2O4/c1-30-19-3-2-4-20(14-19)31-16-21-7-8-23(32-21)24(29)28-11-9-27(10-12-28)15-17-5-6-18(26)13-22(17)25/h2-8,13-14H,9-12,15-16H2,1H3. The van der Waals surface area contributed by atoms with Gasteiger partial charge in [-0.1, -0.05) is 23.7 Å². The molecule has 0 N–H and O–H groups in total. The Morgan fingerprint density at radius 3 is 2.59 bits per heavy atom. The maximum atomic E-state index is 13.2. The van der Waals surface area contributed by atoms with Crippen molar-refractivity contribution >= 4 is 17.5 Å². The number of benzene rings is 2. The number of ether oxygens (including phenoxy) is 2. The van der Waals surface area contributed by atoms with Gasteiger partial charge in [-0.25, -0.2) is 4.39 Å². The molecule has 0 aliphatic carbocycles. The summed E-state index contributed by atoms with van der Waals surface area (Å²) in [5.41, 5.74) is 0.875. The van der Waals surface area contributed by atoms with Gasteiger partial charge < -0.3 is 18.8 Å². The maximum absolute atomic E-state index is 13.2. The van der Waals surface area contributed by atoms with Crippen molar-refractivity contribution in [2.75, 3.05) is 33.3 Å². The molecule has 2 heterocycles. The second-order valence-electron chi connectivity index (χ2n) is 7.54. The third-order valence-electron chi connectivity index (χ3n) is 5.36. The van der Waals surface area contributed by atoms with Crippen molar-refractivity contribution in [1.82, 2.24) is 9.80 Å². The molecule has 168 valence electrons. The number of nitrogens with zero attached hydrogens (tertiary/aromatic N) is 2. The summed E-state index contributed by atoms with van der Waals surface area (Å²) >= 11 is 6.13. The van der Waals surface area contributed by atoms with Gasteiger partial charge in [0.1, 0.15) is 29.7 Å². The number of hydrogen-bond acceptors (Lipinski definition) is 5. The molecule has 0 unspecified atom stereocenters. The van der Waals surface area contributed by atoms with Gasteiger partial charge >= 0.3 is 0 Å². The molecule has 4 rings (SSSR count). The molecule has 1 aromatic heterocycles. The Balaban J connectivity index is 1.28. The van der Waals surface area contributed by atoms with Gasteiger partial charge in [-0.05, 0) is 42.0 Å². The summed E-state index contributed by atoms with van der Waals surface area (Å²) in [6.45, 7) is 3.39. The SMILES string of the molecule is COc1cccc(OCc2ccc(C(=O)N3CCN(Cc4ccc(F)cc4Cl)CC3)o2)c1. The highest BCUT2D eigenvalue weighted by atomic mass is 35.5. The highest BCUT2D eigenvalue weighted by Crippen LogP contribution is 2.22.